The van der Waals surface area contributed by atoms with Crippen LogP contribution in [0.3, 0.4) is 0 Å². The summed E-state index contributed by atoms with van der Waals surface area (Å²) < 4.78 is 20.3. The van der Waals surface area contributed by atoms with E-state index in [0.29, 0.717) is 0 Å². The number of aromatic nitrogens is 2. The molecule has 0 bridgehead atoms. The van der Waals surface area contributed by atoms with Gasteiger partial charge in [-0.05, 0) is 144 Å². The van der Waals surface area contributed by atoms with Gasteiger partial charge in [-0.2, -0.15) is 0 Å². The highest BCUT2D eigenvalue weighted by molar-refractivity contribution is 6.91. The van der Waals surface area contributed by atoms with E-state index in [-0.39, 0.29) is 13.7 Å². The van der Waals surface area contributed by atoms with Gasteiger partial charge in [0.15, 0.2) is 0 Å². The molecule has 8 heteroatoms. The molecule has 24 rings (SSSR count). The lowest BCUT2D eigenvalue weighted by Gasteiger charge is -2.41. The second kappa shape index (κ2) is 21.0. The van der Waals surface area contributed by atoms with Gasteiger partial charge in [0.05, 0.1) is 0 Å². The average Bonchev–Trinajstić information content (AvgIpc) is 1.37. The molecule has 0 atom stereocenters. The smallest absolute Gasteiger partial charge is 0.333 e. The van der Waals surface area contributed by atoms with Gasteiger partial charge < -0.3 is 27.6 Å². The molecule has 4 aliphatic rings. The van der Waals surface area contributed by atoms with Gasteiger partial charge in [0.1, 0.15) is 22.3 Å². The molecule has 0 fully saturated rings. The molecular weight excluding hydrogens is 1260 g/mol. The zero-order valence-electron chi connectivity index (χ0n) is 56.1. The number of rotatable bonds is 7. The van der Waals surface area contributed by atoms with Gasteiger partial charge in [0.25, 0.3) is 0 Å². The zero-order chi connectivity index (χ0) is 67.6. The molecule has 0 N–H and O–H groups in total. The summed E-state index contributed by atoms with van der Waals surface area (Å²) in [4.78, 5) is 5.08. The van der Waals surface area contributed by atoms with Crippen molar-refractivity contribution in [3.8, 4) is 77.9 Å². The number of nitrogens with zero attached hydrogens (tertiary/aromatic N) is 4. The van der Waals surface area contributed by atoms with Crippen LogP contribution >= 0.6 is 0 Å². The van der Waals surface area contributed by atoms with Crippen LogP contribution in [-0.4, -0.2) is 22.7 Å². The van der Waals surface area contributed by atoms with Crippen LogP contribution in [0, 0.1) is 0 Å². The summed E-state index contributed by atoms with van der Waals surface area (Å²) in [5.74, 6) is 0. The van der Waals surface area contributed by atoms with E-state index in [0.717, 1.165) is 128 Å². The highest BCUT2D eigenvalue weighted by Gasteiger charge is 2.47. The standard InChI is InChI=1S/C96H56B2N4O2/c1-5-22-57(23-6-1)61-30-17-32-66(50-61)99-82-53-63(59-26-9-3-10-27-59)45-48-79(82)98-92-84(99)55-77-70-35-14-16-43-86(70)103-96(77)90(92)74-40-21-38-72-76-52-65(46-49-81(76)102(98)94(72)74)68-36-19-41-75-88-87(104-95(68)75)56-85-91-89(88)73-39-20-37-71-69-34-13-15-42-80(69)101(93(71)73)97(91)78-47-44-64(60-28-11-4-12-29-60)54-83(78)100(85)67-33-18-31-62(51-67)58-24-7-2-8-25-58/h1-56H. The molecular formula is C96H56B2N4O2. The average molecular weight is 1320 g/mol. The quantitative estimate of drug-likeness (QED) is 0.149. The van der Waals surface area contributed by atoms with Crippen molar-refractivity contribution in [2.24, 2.45) is 0 Å². The number of furan rings is 2. The Bertz CT molecular complexity index is 7130. The van der Waals surface area contributed by atoms with E-state index in [9.17, 15) is 0 Å². The van der Waals surface area contributed by atoms with Gasteiger partial charge in [-0.1, -0.05) is 267 Å². The van der Waals surface area contributed by atoms with Gasteiger partial charge in [0.2, 0.25) is 0 Å². The number of para-hydroxylation sites is 5. The van der Waals surface area contributed by atoms with Crippen molar-refractivity contribution in [2.45, 2.75) is 0 Å². The third kappa shape index (κ3) is 7.65. The Balaban J connectivity index is 0.752. The zero-order valence-corrected chi connectivity index (χ0v) is 56.1. The van der Waals surface area contributed by atoms with E-state index in [1.54, 1.807) is 0 Å². The first-order valence-corrected chi connectivity index (χ1v) is 36.0. The van der Waals surface area contributed by atoms with Crippen molar-refractivity contribution in [3.05, 3.63) is 340 Å². The molecule has 4 aliphatic heterocycles. The Hall–Kier alpha value is -13.6. The van der Waals surface area contributed by atoms with Gasteiger partial charge in [-0.3, -0.25) is 0 Å². The molecule has 104 heavy (non-hydrogen) atoms. The van der Waals surface area contributed by atoms with Gasteiger partial charge >= 0.3 is 13.7 Å². The molecule has 0 radical (unpaired) electrons. The van der Waals surface area contributed by atoms with Crippen molar-refractivity contribution in [2.75, 3.05) is 9.80 Å². The second-order valence-electron chi connectivity index (χ2n) is 28.5. The summed E-state index contributed by atoms with van der Waals surface area (Å²) in [5.41, 5.74) is 36.1. The summed E-state index contributed by atoms with van der Waals surface area (Å²) in [6.07, 6.45) is 0. The first-order chi connectivity index (χ1) is 51.6. The van der Waals surface area contributed by atoms with E-state index < -0.39 is 0 Å². The van der Waals surface area contributed by atoms with Crippen molar-refractivity contribution in [3.63, 3.8) is 0 Å². The SMILES string of the molecule is c1ccc(-c2cccc(N3c4cc(-c5ccccc5)ccc4B4c5c3cc3c(oc6ccccc63)c5-c3cccc5c6cc(-c7cccc8c7oc7cc9c%10c(c78)-c7cccc8c%11ccccc%11n(c78)B%10c7ccc(-c8ccccc8)cc7N9c7cccc(-c8ccccc8)c7)ccc6n4c35)c2)cc1. The number of anilines is 6. The minimum Gasteiger partial charge on any atom is -0.455 e. The van der Waals surface area contributed by atoms with E-state index in [4.69, 9.17) is 8.83 Å². The molecule has 478 valence electrons. The fourth-order valence-corrected chi connectivity index (χ4v) is 18.9. The molecule has 0 spiro atoms. The number of hydrogen-bond donors (Lipinski definition) is 0. The van der Waals surface area contributed by atoms with Gasteiger partial charge in [-0.25, -0.2) is 0 Å². The third-order valence-corrected chi connectivity index (χ3v) is 23.2. The molecule has 20 aromatic rings. The predicted molar refractivity (Wildman–Crippen MR) is 435 cm³/mol. The first kappa shape index (κ1) is 56.2. The van der Waals surface area contributed by atoms with Crippen molar-refractivity contribution < 1.29 is 8.83 Å². The van der Waals surface area contributed by atoms with Crippen LogP contribution in [0.25, 0.3) is 165 Å². The van der Waals surface area contributed by atoms with Crippen LogP contribution in [0.4, 0.5) is 34.1 Å². The summed E-state index contributed by atoms with van der Waals surface area (Å²) in [6, 6.07) is 126. The van der Waals surface area contributed by atoms with Gasteiger partial charge in [-0.15, -0.1) is 0 Å². The number of benzene rings is 16. The Kier molecular flexibility index (Phi) is 11.4. The predicted octanol–water partition coefficient (Wildman–Crippen LogP) is 22.9. The highest BCUT2D eigenvalue weighted by atomic mass is 16.3. The van der Waals surface area contributed by atoms with Crippen LogP contribution in [0.1, 0.15) is 0 Å². The fourth-order valence-electron chi connectivity index (χ4n) is 18.9. The van der Waals surface area contributed by atoms with E-state index >= 15 is 0 Å². The van der Waals surface area contributed by atoms with E-state index in [2.05, 4.69) is 358 Å². The Labute approximate surface area is 598 Å². The maximum absolute atomic E-state index is 7.73. The monoisotopic (exact) mass is 1320 g/mol. The van der Waals surface area contributed by atoms with E-state index in [1.807, 2.05) is 0 Å². The lowest BCUT2D eigenvalue weighted by molar-refractivity contribution is 0.670. The summed E-state index contributed by atoms with van der Waals surface area (Å²) >= 11 is 0. The second-order valence-corrected chi connectivity index (χ2v) is 28.5. The fraction of sp³-hybridized carbons (Fsp3) is 0. The van der Waals surface area contributed by atoms with E-state index in [1.165, 1.54) is 93.3 Å². The highest BCUT2D eigenvalue weighted by Crippen LogP contribution is 2.54. The minimum atomic E-state index is -0.225. The summed E-state index contributed by atoms with van der Waals surface area (Å²) in [6.45, 7) is -0.395. The molecule has 4 aromatic heterocycles. The summed E-state index contributed by atoms with van der Waals surface area (Å²) in [7, 11) is 0. The largest absolute Gasteiger partial charge is 0.455 e. The van der Waals surface area contributed by atoms with Gasteiger partial charge in [0, 0.05) is 128 Å². The molecule has 6 nitrogen and oxygen atoms in total. The first-order valence-electron chi connectivity index (χ1n) is 36.0. The third-order valence-electron chi connectivity index (χ3n) is 23.2. The van der Waals surface area contributed by atoms with Crippen LogP contribution in [-0.2, 0) is 0 Å². The lowest BCUT2D eigenvalue weighted by atomic mass is 9.44. The molecule has 0 saturated carbocycles. The maximum atomic E-state index is 7.73. The Morgan fingerprint density at radius 1 is 0.240 bits per heavy atom. The normalized spacial score (nSPS) is 13.1. The molecule has 8 heterocycles. The van der Waals surface area contributed by atoms with Crippen LogP contribution < -0.4 is 31.7 Å². The van der Waals surface area contributed by atoms with Crippen LogP contribution in [0.15, 0.2) is 349 Å². The molecule has 0 saturated heterocycles. The van der Waals surface area contributed by atoms with Crippen molar-refractivity contribution in [1.29, 1.82) is 0 Å². The molecule has 0 aliphatic carbocycles. The Morgan fingerprint density at radius 2 is 0.683 bits per heavy atom. The lowest BCUT2D eigenvalue weighted by Crippen LogP contribution is -2.56. The molecule has 16 aromatic carbocycles. The maximum Gasteiger partial charge on any atom is 0.333 e. The minimum absolute atomic E-state index is 0.170. The van der Waals surface area contributed by atoms with Crippen molar-refractivity contribution >= 4 is 157 Å². The summed E-state index contributed by atoms with van der Waals surface area (Å²) in [5, 5.41) is 9.27. The number of fused-ring (bicyclic) bond motifs is 22. The number of hydrogen-bond acceptors (Lipinski definition) is 4. The Morgan fingerprint density at radius 3 is 1.29 bits per heavy atom. The van der Waals surface area contributed by atoms with Crippen molar-refractivity contribution in [1.82, 2.24) is 8.96 Å². The van der Waals surface area contributed by atoms with Crippen LogP contribution in [0.2, 0.25) is 0 Å². The molecule has 0 amide bonds. The van der Waals surface area contributed by atoms with Crippen LogP contribution in [0.5, 0.6) is 0 Å². The molecule has 0 unspecified atom stereocenters. The topological polar surface area (TPSA) is 42.6 Å².